The molecule has 0 amide bonds. The summed E-state index contributed by atoms with van der Waals surface area (Å²) in [7, 11) is 3.26. The van der Waals surface area contributed by atoms with Crippen LogP contribution < -0.4 is 0 Å². The highest BCUT2D eigenvalue weighted by Crippen LogP contribution is 2.35. The Morgan fingerprint density at radius 2 is 2.00 bits per heavy atom. The summed E-state index contributed by atoms with van der Waals surface area (Å²) in [6.45, 7) is 0. The second-order valence-electron chi connectivity index (χ2n) is 2.83. The van der Waals surface area contributed by atoms with Crippen molar-refractivity contribution in [3.63, 3.8) is 0 Å². The van der Waals surface area contributed by atoms with Crippen molar-refractivity contribution in [2.75, 3.05) is 14.2 Å². The zero-order valence-corrected chi connectivity index (χ0v) is 7.65. The summed E-state index contributed by atoms with van der Waals surface area (Å²) in [5.74, 6) is 0.628. The summed E-state index contributed by atoms with van der Waals surface area (Å²) in [5.41, 5.74) is 2.01. The lowest BCUT2D eigenvalue weighted by molar-refractivity contribution is 0.139. The number of fused-ring (bicyclic) bond motifs is 1. The normalized spacial score (nSPS) is 19.5. The minimum absolute atomic E-state index is 0.138. The number of benzene rings is 1. The molecule has 13 heavy (non-hydrogen) atoms. The van der Waals surface area contributed by atoms with Crippen LogP contribution in [0.3, 0.4) is 0 Å². The van der Waals surface area contributed by atoms with Crippen LogP contribution in [0, 0.1) is 0 Å². The lowest BCUT2D eigenvalue weighted by Gasteiger charge is -2.10. The van der Waals surface area contributed by atoms with Crippen molar-refractivity contribution in [1.29, 1.82) is 0 Å². The van der Waals surface area contributed by atoms with Gasteiger partial charge in [0, 0.05) is 12.7 Å². The smallest absolute Gasteiger partial charge is 0.223 e. The summed E-state index contributed by atoms with van der Waals surface area (Å²) >= 11 is 0. The van der Waals surface area contributed by atoms with Gasteiger partial charge in [0.25, 0.3) is 0 Å². The van der Waals surface area contributed by atoms with Crippen LogP contribution in [-0.2, 0) is 9.47 Å². The number of hydrogen-bond acceptors (Lipinski definition) is 3. The van der Waals surface area contributed by atoms with E-state index in [9.17, 15) is 0 Å². The lowest BCUT2D eigenvalue weighted by Crippen LogP contribution is -2.11. The molecule has 0 N–H and O–H groups in total. The van der Waals surface area contributed by atoms with Gasteiger partial charge >= 0.3 is 0 Å². The molecule has 0 aromatic heterocycles. The van der Waals surface area contributed by atoms with E-state index in [0.29, 0.717) is 5.90 Å². The molecule has 1 unspecified atom stereocenters. The van der Waals surface area contributed by atoms with Crippen molar-refractivity contribution in [2.45, 2.75) is 6.10 Å². The van der Waals surface area contributed by atoms with Crippen molar-refractivity contribution in [3.05, 3.63) is 29.8 Å². The van der Waals surface area contributed by atoms with Gasteiger partial charge in [0.05, 0.1) is 12.8 Å². The molecule has 1 aromatic carbocycles. The van der Waals surface area contributed by atoms with E-state index in [4.69, 9.17) is 9.47 Å². The third-order valence-electron chi connectivity index (χ3n) is 2.12. The van der Waals surface area contributed by atoms with Crippen LogP contribution >= 0.6 is 0 Å². The molecule has 1 aliphatic rings. The third-order valence-corrected chi connectivity index (χ3v) is 2.12. The van der Waals surface area contributed by atoms with E-state index in [0.717, 1.165) is 11.3 Å². The molecule has 1 aliphatic heterocycles. The molecule has 2 rings (SSSR count). The minimum atomic E-state index is -0.138. The van der Waals surface area contributed by atoms with Gasteiger partial charge in [-0.05, 0) is 6.07 Å². The van der Waals surface area contributed by atoms with Crippen LogP contribution in [0.25, 0.3) is 0 Å². The van der Waals surface area contributed by atoms with E-state index in [-0.39, 0.29) is 6.10 Å². The minimum Gasteiger partial charge on any atom is -0.482 e. The highest BCUT2D eigenvalue weighted by atomic mass is 16.5. The molecule has 1 heterocycles. The highest BCUT2D eigenvalue weighted by molar-refractivity contribution is 5.90. The van der Waals surface area contributed by atoms with E-state index in [1.54, 1.807) is 14.2 Å². The lowest BCUT2D eigenvalue weighted by atomic mass is 10.1. The number of nitrogens with zero attached hydrogens (tertiary/aromatic N) is 1. The molecule has 68 valence electrons. The Morgan fingerprint density at radius 3 is 2.69 bits per heavy atom. The SMILES string of the molecule is COC1=Nc2ccccc2C1OC. The standard InChI is InChI=1S/C10H11NO2/c1-12-9-7-5-3-4-6-8(7)11-10(9)13-2/h3-6,9H,1-2H3. The fourth-order valence-corrected chi connectivity index (χ4v) is 1.50. The molecule has 0 bridgehead atoms. The highest BCUT2D eigenvalue weighted by Gasteiger charge is 2.27. The second kappa shape index (κ2) is 3.18. The fraction of sp³-hybridized carbons (Fsp3) is 0.300. The molecule has 1 aromatic rings. The Bertz CT molecular complexity index is 347. The Hall–Kier alpha value is -1.35. The van der Waals surface area contributed by atoms with E-state index in [1.165, 1.54) is 0 Å². The number of rotatable bonds is 1. The molecule has 3 nitrogen and oxygen atoms in total. The van der Waals surface area contributed by atoms with Crippen LogP contribution in [0.4, 0.5) is 5.69 Å². The van der Waals surface area contributed by atoms with Crippen LogP contribution in [0.2, 0.25) is 0 Å². The van der Waals surface area contributed by atoms with E-state index < -0.39 is 0 Å². The van der Waals surface area contributed by atoms with E-state index in [1.807, 2.05) is 24.3 Å². The first kappa shape index (κ1) is 8.26. The van der Waals surface area contributed by atoms with Crippen molar-refractivity contribution in [1.82, 2.24) is 0 Å². The number of hydrogen-bond donors (Lipinski definition) is 0. The monoisotopic (exact) mass is 177 g/mol. The topological polar surface area (TPSA) is 30.8 Å². The third kappa shape index (κ3) is 1.21. The maximum absolute atomic E-state index is 5.29. The second-order valence-corrected chi connectivity index (χ2v) is 2.83. The van der Waals surface area contributed by atoms with Crippen LogP contribution in [-0.4, -0.2) is 20.1 Å². The Kier molecular flexibility index (Phi) is 2.02. The van der Waals surface area contributed by atoms with Crippen molar-refractivity contribution < 1.29 is 9.47 Å². The van der Waals surface area contributed by atoms with Crippen molar-refractivity contribution in [2.24, 2.45) is 4.99 Å². The van der Waals surface area contributed by atoms with Crippen LogP contribution in [0.15, 0.2) is 29.3 Å². The largest absolute Gasteiger partial charge is 0.482 e. The summed E-state index contributed by atoms with van der Waals surface area (Å²) in [6, 6.07) is 7.87. The van der Waals surface area contributed by atoms with E-state index in [2.05, 4.69) is 4.99 Å². The molecular weight excluding hydrogens is 166 g/mol. The summed E-state index contributed by atoms with van der Waals surface area (Å²) < 4.78 is 10.4. The molecule has 3 heteroatoms. The summed E-state index contributed by atoms with van der Waals surface area (Å²) in [5, 5.41) is 0. The maximum Gasteiger partial charge on any atom is 0.223 e. The molecule has 0 fully saturated rings. The summed E-state index contributed by atoms with van der Waals surface area (Å²) in [6.07, 6.45) is -0.138. The van der Waals surface area contributed by atoms with Gasteiger partial charge < -0.3 is 9.47 Å². The average molecular weight is 177 g/mol. The first-order chi connectivity index (χ1) is 6.36. The first-order valence-corrected chi connectivity index (χ1v) is 4.11. The van der Waals surface area contributed by atoms with Gasteiger partial charge in [0.1, 0.15) is 0 Å². The van der Waals surface area contributed by atoms with Gasteiger partial charge in [-0.3, -0.25) is 0 Å². The fourth-order valence-electron chi connectivity index (χ4n) is 1.50. The molecule has 0 saturated carbocycles. The molecule has 0 aliphatic carbocycles. The van der Waals surface area contributed by atoms with Crippen LogP contribution in [0.5, 0.6) is 0 Å². The zero-order valence-electron chi connectivity index (χ0n) is 7.65. The van der Waals surface area contributed by atoms with Gasteiger partial charge in [-0.1, -0.05) is 18.2 Å². The first-order valence-electron chi connectivity index (χ1n) is 4.11. The zero-order chi connectivity index (χ0) is 9.26. The quantitative estimate of drug-likeness (QED) is 0.657. The van der Waals surface area contributed by atoms with Gasteiger partial charge in [0.2, 0.25) is 5.90 Å². The van der Waals surface area contributed by atoms with Crippen LogP contribution in [0.1, 0.15) is 11.7 Å². The number of ether oxygens (including phenoxy) is 2. The Labute approximate surface area is 77.0 Å². The predicted octanol–water partition coefficient (Wildman–Crippen LogP) is 2.06. The predicted molar refractivity (Wildman–Crippen MR) is 50.3 cm³/mol. The van der Waals surface area contributed by atoms with Gasteiger partial charge in [-0.25, -0.2) is 4.99 Å². The van der Waals surface area contributed by atoms with Gasteiger partial charge in [-0.2, -0.15) is 0 Å². The molecule has 0 saturated heterocycles. The number of aliphatic imine (C=N–C) groups is 1. The van der Waals surface area contributed by atoms with Gasteiger partial charge in [-0.15, -0.1) is 0 Å². The van der Waals surface area contributed by atoms with E-state index >= 15 is 0 Å². The Morgan fingerprint density at radius 1 is 1.23 bits per heavy atom. The number of para-hydroxylation sites is 1. The maximum atomic E-state index is 5.29. The summed E-state index contributed by atoms with van der Waals surface area (Å²) in [4.78, 5) is 4.29. The molecule has 0 spiro atoms. The van der Waals surface area contributed by atoms with Crippen molar-refractivity contribution >= 4 is 11.6 Å². The molecule has 1 atom stereocenters. The average Bonchev–Trinajstić information content (AvgIpc) is 2.55. The Balaban J connectivity index is 2.44. The van der Waals surface area contributed by atoms with Gasteiger partial charge in [0.15, 0.2) is 6.10 Å². The molecular formula is C10H11NO2. The molecule has 0 radical (unpaired) electrons. The van der Waals surface area contributed by atoms with Crippen molar-refractivity contribution in [3.8, 4) is 0 Å². The number of methoxy groups -OCH3 is 2.